The maximum atomic E-state index is 13.4. The molecule has 0 aliphatic rings. The summed E-state index contributed by atoms with van der Waals surface area (Å²) in [7, 11) is 0. The molecule has 0 aliphatic heterocycles. The fourth-order valence-corrected chi connectivity index (χ4v) is 1.63. The fraction of sp³-hybridized carbons (Fsp3) is 0. The van der Waals surface area contributed by atoms with Gasteiger partial charge in [-0.15, -0.1) is 0 Å². The Kier molecular flexibility index (Phi) is 4.53. The van der Waals surface area contributed by atoms with Crippen molar-refractivity contribution in [2.75, 3.05) is 5.43 Å². The maximum Gasteiger partial charge on any atom is 0.294 e. The van der Waals surface area contributed by atoms with Gasteiger partial charge in [0.1, 0.15) is 5.69 Å². The van der Waals surface area contributed by atoms with Crippen LogP contribution in [0.25, 0.3) is 0 Å². The molecule has 0 aromatic heterocycles. The number of para-hydroxylation sites is 2. The first kappa shape index (κ1) is 16.3. The normalized spacial score (nSPS) is 11.0. The van der Waals surface area contributed by atoms with Gasteiger partial charge < -0.3 is 0 Å². The van der Waals surface area contributed by atoms with Crippen LogP contribution in [0.1, 0.15) is 5.56 Å². The first-order chi connectivity index (χ1) is 10.8. The number of benzene rings is 2. The first-order valence-electron chi connectivity index (χ1n) is 5.88. The Morgan fingerprint density at radius 2 is 1.48 bits per heavy atom. The van der Waals surface area contributed by atoms with Gasteiger partial charge in [-0.1, -0.05) is 12.1 Å². The molecule has 0 bridgehead atoms. The molecule has 23 heavy (non-hydrogen) atoms. The average molecular weight is 331 g/mol. The van der Waals surface area contributed by atoms with Gasteiger partial charge in [0.05, 0.1) is 16.7 Å². The second kappa shape index (κ2) is 6.38. The van der Waals surface area contributed by atoms with Crippen LogP contribution in [-0.4, -0.2) is 11.1 Å². The summed E-state index contributed by atoms with van der Waals surface area (Å²) >= 11 is 0. The number of nitrogens with one attached hydrogen (secondary N) is 1. The summed E-state index contributed by atoms with van der Waals surface area (Å²) in [6, 6.07) is 5.17. The molecule has 0 unspecified atom stereocenters. The van der Waals surface area contributed by atoms with Crippen molar-refractivity contribution in [3.63, 3.8) is 0 Å². The summed E-state index contributed by atoms with van der Waals surface area (Å²) in [5, 5.41) is 14.0. The van der Waals surface area contributed by atoms with E-state index in [1.807, 2.05) is 0 Å². The SMILES string of the molecule is O=[N+]([O-])c1ccccc1NN=Cc1c(F)c(F)c(F)c(F)c1F. The van der Waals surface area contributed by atoms with E-state index >= 15 is 0 Å². The van der Waals surface area contributed by atoms with Crippen LogP contribution in [0.5, 0.6) is 0 Å². The number of nitro groups is 1. The number of hydrazone groups is 1. The lowest BCUT2D eigenvalue weighted by Crippen LogP contribution is -2.07. The third-order valence-electron chi connectivity index (χ3n) is 2.72. The number of rotatable bonds is 4. The predicted octanol–water partition coefficient (Wildman–Crippen LogP) is 3.74. The molecule has 2 rings (SSSR count). The van der Waals surface area contributed by atoms with Crippen LogP contribution < -0.4 is 5.43 Å². The van der Waals surface area contributed by atoms with Crippen molar-refractivity contribution in [3.8, 4) is 0 Å². The Bertz CT molecular complexity index is 781. The van der Waals surface area contributed by atoms with Gasteiger partial charge in [-0.3, -0.25) is 15.5 Å². The molecule has 0 saturated heterocycles. The van der Waals surface area contributed by atoms with Gasteiger partial charge in [-0.2, -0.15) is 5.10 Å². The molecule has 0 aliphatic carbocycles. The van der Waals surface area contributed by atoms with E-state index in [1.165, 1.54) is 18.2 Å². The quantitative estimate of drug-likeness (QED) is 0.232. The molecule has 0 amide bonds. The van der Waals surface area contributed by atoms with E-state index in [9.17, 15) is 32.1 Å². The molecular formula is C13H6F5N3O2. The minimum Gasteiger partial charge on any atom is -0.272 e. The van der Waals surface area contributed by atoms with Gasteiger partial charge in [0.2, 0.25) is 5.82 Å². The lowest BCUT2D eigenvalue weighted by atomic mass is 10.2. The number of nitrogens with zero attached hydrogens (tertiary/aromatic N) is 2. The Balaban J connectivity index is 2.35. The van der Waals surface area contributed by atoms with Crippen molar-refractivity contribution in [1.82, 2.24) is 0 Å². The number of nitro benzene ring substituents is 1. The van der Waals surface area contributed by atoms with Crippen molar-refractivity contribution in [1.29, 1.82) is 0 Å². The van der Waals surface area contributed by atoms with Gasteiger partial charge in [0.15, 0.2) is 23.3 Å². The molecule has 2 aromatic carbocycles. The molecule has 0 spiro atoms. The van der Waals surface area contributed by atoms with E-state index in [1.54, 1.807) is 0 Å². The highest BCUT2D eigenvalue weighted by molar-refractivity contribution is 5.81. The van der Waals surface area contributed by atoms with Gasteiger partial charge in [-0.25, -0.2) is 22.0 Å². The summed E-state index contributed by atoms with van der Waals surface area (Å²) in [5.41, 5.74) is 0.322. The fourth-order valence-electron chi connectivity index (χ4n) is 1.63. The lowest BCUT2D eigenvalue weighted by molar-refractivity contribution is -0.384. The average Bonchev–Trinajstić information content (AvgIpc) is 2.54. The molecule has 1 N–H and O–H groups in total. The third kappa shape index (κ3) is 3.10. The maximum absolute atomic E-state index is 13.4. The van der Waals surface area contributed by atoms with E-state index in [0.717, 1.165) is 6.07 Å². The van der Waals surface area contributed by atoms with Crippen LogP contribution in [0.2, 0.25) is 0 Å². The van der Waals surface area contributed by atoms with Gasteiger partial charge in [-0.05, 0) is 6.07 Å². The highest BCUT2D eigenvalue weighted by Gasteiger charge is 2.24. The summed E-state index contributed by atoms with van der Waals surface area (Å²) in [4.78, 5) is 10.0. The lowest BCUT2D eigenvalue weighted by Gasteiger charge is -2.04. The number of halogens is 5. The van der Waals surface area contributed by atoms with Gasteiger partial charge >= 0.3 is 0 Å². The summed E-state index contributed by atoms with van der Waals surface area (Å²) < 4.78 is 65.6. The molecular weight excluding hydrogens is 325 g/mol. The van der Waals surface area contributed by atoms with Crippen LogP contribution >= 0.6 is 0 Å². The molecule has 120 valence electrons. The van der Waals surface area contributed by atoms with Crippen molar-refractivity contribution < 1.29 is 26.9 Å². The Morgan fingerprint density at radius 1 is 0.957 bits per heavy atom. The summed E-state index contributed by atoms with van der Waals surface area (Å²) in [6.07, 6.45) is 0.340. The molecule has 0 atom stereocenters. The monoisotopic (exact) mass is 331 g/mol. The largest absolute Gasteiger partial charge is 0.294 e. The number of hydrogen-bond acceptors (Lipinski definition) is 4. The summed E-state index contributed by atoms with van der Waals surface area (Å²) in [6.45, 7) is 0. The molecule has 0 heterocycles. The minimum absolute atomic E-state index is 0.127. The van der Waals surface area contributed by atoms with E-state index in [4.69, 9.17) is 0 Å². The smallest absolute Gasteiger partial charge is 0.272 e. The first-order valence-corrected chi connectivity index (χ1v) is 5.88. The van der Waals surface area contributed by atoms with Crippen LogP contribution in [0, 0.1) is 39.2 Å². The number of anilines is 1. The Morgan fingerprint density at radius 3 is 2.04 bits per heavy atom. The molecule has 0 fully saturated rings. The Hall–Kier alpha value is -3.04. The van der Waals surface area contributed by atoms with Crippen LogP contribution in [-0.2, 0) is 0 Å². The second-order valence-corrected chi connectivity index (χ2v) is 4.13. The molecule has 10 heteroatoms. The molecule has 2 aromatic rings. The zero-order valence-corrected chi connectivity index (χ0v) is 11.0. The zero-order valence-electron chi connectivity index (χ0n) is 11.0. The highest BCUT2D eigenvalue weighted by Crippen LogP contribution is 2.24. The minimum atomic E-state index is -2.29. The van der Waals surface area contributed by atoms with Crippen molar-refractivity contribution >= 4 is 17.6 Å². The molecule has 5 nitrogen and oxygen atoms in total. The van der Waals surface area contributed by atoms with E-state index < -0.39 is 39.6 Å². The van der Waals surface area contributed by atoms with Crippen LogP contribution in [0.3, 0.4) is 0 Å². The Labute approximate surface area is 125 Å². The van der Waals surface area contributed by atoms with Crippen LogP contribution in [0.4, 0.5) is 33.3 Å². The molecule has 0 saturated carbocycles. The number of hydrogen-bond donors (Lipinski definition) is 1. The van der Waals surface area contributed by atoms with E-state index in [2.05, 4.69) is 10.5 Å². The van der Waals surface area contributed by atoms with Crippen molar-refractivity contribution in [2.45, 2.75) is 0 Å². The van der Waals surface area contributed by atoms with Gasteiger partial charge in [0, 0.05) is 6.07 Å². The van der Waals surface area contributed by atoms with Gasteiger partial charge in [0.25, 0.3) is 5.69 Å². The third-order valence-corrected chi connectivity index (χ3v) is 2.72. The highest BCUT2D eigenvalue weighted by atomic mass is 19.2. The van der Waals surface area contributed by atoms with E-state index in [0.29, 0.717) is 6.21 Å². The van der Waals surface area contributed by atoms with Crippen molar-refractivity contribution in [2.24, 2.45) is 5.10 Å². The second-order valence-electron chi connectivity index (χ2n) is 4.13. The van der Waals surface area contributed by atoms with Crippen molar-refractivity contribution in [3.05, 3.63) is 69.0 Å². The van der Waals surface area contributed by atoms with E-state index in [-0.39, 0.29) is 11.4 Å². The topological polar surface area (TPSA) is 67.5 Å². The standard InChI is InChI=1S/C13H6F5N3O2/c14-9-6(10(15)12(17)13(18)11(9)16)5-19-20-7-3-1-2-4-8(7)21(22)23/h1-5,20H. The summed E-state index contributed by atoms with van der Waals surface area (Å²) in [5.74, 6) is -10.6. The predicted molar refractivity (Wildman–Crippen MR) is 70.5 cm³/mol. The molecule has 0 radical (unpaired) electrons. The zero-order chi connectivity index (χ0) is 17.1. The van der Waals surface area contributed by atoms with Crippen LogP contribution in [0.15, 0.2) is 29.4 Å².